The minimum absolute atomic E-state index is 0.00345. The van der Waals surface area contributed by atoms with Crippen LogP contribution in [0.2, 0.25) is 18.1 Å². The van der Waals surface area contributed by atoms with E-state index in [1.165, 1.54) is 6.08 Å². The number of ether oxygens (including phenoxy) is 2. The Kier molecular flexibility index (Phi) is 9.30. The third kappa shape index (κ3) is 6.62. The first kappa shape index (κ1) is 31.9. The Morgan fingerprint density at radius 2 is 1.82 bits per heavy atom. The summed E-state index contributed by atoms with van der Waals surface area (Å²) in [5, 5.41) is 2.61. The Balaban J connectivity index is 1.75. The molecular formula is C29H47N3O7Si. The second kappa shape index (κ2) is 11.7. The number of alkyl carbamates (subject to hydrolysis) is 1. The fourth-order valence-corrected chi connectivity index (χ4v) is 6.89. The SMILES string of the molecule is C=CCOC(=O)C1=C2CN(C(=O)CCNC(=O)OC(C)(C)C)CC[C@@H]2[C@@H]2[C@@H]([C@@H](C)O[Si](C)(C)C(C)(C)C)C(=O)N12. The predicted molar refractivity (Wildman–Crippen MR) is 154 cm³/mol. The van der Waals surface area contributed by atoms with E-state index >= 15 is 0 Å². The van der Waals surface area contributed by atoms with Crippen molar-refractivity contribution >= 4 is 32.2 Å². The standard InChI is InChI=1S/C29H47N3O7Si/c1-11-16-37-26(35)24-20-17-31(21(33)12-14-30-27(36)38-28(3,4)5)15-13-19(20)23-22(25(34)32(23)24)18(2)39-40(9,10)29(6,7)8/h11,18-19,22-23H,1,12-17H2,2-10H3,(H,30,36)/t18-,19+,22-,23-/m1/s1. The number of amides is 3. The molecule has 3 aliphatic heterocycles. The molecule has 0 spiro atoms. The fourth-order valence-electron chi connectivity index (χ4n) is 5.46. The molecule has 0 aromatic rings. The average molecular weight is 578 g/mol. The molecule has 3 heterocycles. The maximum absolute atomic E-state index is 13.5. The lowest BCUT2D eigenvalue weighted by atomic mass is 9.74. The normalized spacial score (nSPS) is 23.6. The molecule has 40 heavy (non-hydrogen) atoms. The van der Waals surface area contributed by atoms with Gasteiger partial charge in [-0.15, -0.1) is 0 Å². The highest BCUT2D eigenvalue weighted by atomic mass is 28.4. The largest absolute Gasteiger partial charge is 0.457 e. The van der Waals surface area contributed by atoms with Crippen molar-refractivity contribution in [2.75, 3.05) is 26.2 Å². The minimum atomic E-state index is -2.13. The van der Waals surface area contributed by atoms with Gasteiger partial charge in [-0.1, -0.05) is 33.4 Å². The summed E-state index contributed by atoms with van der Waals surface area (Å²) in [5.41, 5.74) is 0.384. The van der Waals surface area contributed by atoms with Gasteiger partial charge in [0.25, 0.3) is 0 Å². The molecule has 3 rings (SSSR count). The Morgan fingerprint density at radius 1 is 1.18 bits per heavy atom. The number of rotatable bonds is 9. The summed E-state index contributed by atoms with van der Waals surface area (Å²) < 4.78 is 17.2. The van der Waals surface area contributed by atoms with E-state index in [0.717, 1.165) is 5.57 Å². The van der Waals surface area contributed by atoms with Crippen molar-refractivity contribution in [1.82, 2.24) is 15.1 Å². The van der Waals surface area contributed by atoms with Crippen LogP contribution < -0.4 is 5.32 Å². The van der Waals surface area contributed by atoms with Gasteiger partial charge in [-0.3, -0.25) is 9.59 Å². The van der Waals surface area contributed by atoms with Crippen LogP contribution in [0.25, 0.3) is 0 Å². The summed E-state index contributed by atoms with van der Waals surface area (Å²) in [6, 6.07) is -0.195. The summed E-state index contributed by atoms with van der Waals surface area (Å²) in [7, 11) is -2.13. The number of hydrogen-bond donors (Lipinski definition) is 1. The van der Waals surface area contributed by atoms with Crippen molar-refractivity contribution in [2.45, 2.75) is 97.2 Å². The van der Waals surface area contributed by atoms with Crippen molar-refractivity contribution in [3.8, 4) is 0 Å². The van der Waals surface area contributed by atoms with Gasteiger partial charge in [0.15, 0.2) is 8.32 Å². The molecule has 2 saturated heterocycles. The van der Waals surface area contributed by atoms with Crippen LogP contribution in [0.5, 0.6) is 0 Å². The van der Waals surface area contributed by atoms with Crippen LogP contribution in [0.15, 0.2) is 23.9 Å². The number of nitrogens with one attached hydrogen (secondary N) is 1. The van der Waals surface area contributed by atoms with E-state index < -0.39 is 26.0 Å². The molecule has 0 radical (unpaired) electrons. The van der Waals surface area contributed by atoms with Gasteiger partial charge in [0.05, 0.1) is 18.1 Å². The average Bonchev–Trinajstić information content (AvgIpc) is 3.10. The molecule has 0 aromatic carbocycles. The van der Waals surface area contributed by atoms with Crippen LogP contribution in [0.1, 0.15) is 61.3 Å². The van der Waals surface area contributed by atoms with E-state index in [1.54, 1.807) is 30.6 Å². The topological polar surface area (TPSA) is 114 Å². The van der Waals surface area contributed by atoms with Gasteiger partial charge in [-0.2, -0.15) is 0 Å². The molecule has 0 unspecified atom stereocenters. The number of carbonyl (C=O) groups is 4. The van der Waals surface area contributed by atoms with Crippen molar-refractivity contribution in [3.63, 3.8) is 0 Å². The van der Waals surface area contributed by atoms with E-state index in [9.17, 15) is 19.2 Å². The number of carbonyl (C=O) groups excluding carboxylic acids is 4. The summed E-state index contributed by atoms with van der Waals surface area (Å²) in [5.74, 6) is -1.27. The van der Waals surface area contributed by atoms with Gasteiger partial charge in [0.2, 0.25) is 11.8 Å². The molecule has 1 N–H and O–H groups in total. The first-order chi connectivity index (χ1) is 18.4. The maximum Gasteiger partial charge on any atom is 0.407 e. The molecule has 3 amide bonds. The number of esters is 1. The van der Waals surface area contributed by atoms with Gasteiger partial charge in [0, 0.05) is 32.0 Å². The number of nitrogens with zero attached hydrogens (tertiary/aromatic N) is 2. The van der Waals surface area contributed by atoms with Crippen molar-refractivity contribution in [2.24, 2.45) is 11.8 Å². The molecular weight excluding hydrogens is 530 g/mol. The highest BCUT2D eigenvalue weighted by molar-refractivity contribution is 6.74. The first-order valence-electron chi connectivity index (χ1n) is 14.2. The van der Waals surface area contributed by atoms with E-state index in [-0.39, 0.29) is 72.6 Å². The fraction of sp³-hybridized carbons (Fsp3) is 0.724. The number of piperidine rings is 1. The zero-order valence-electron chi connectivity index (χ0n) is 25.6. The summed E-state index contributed by atoms with van der Waals surface area (Å²) in [6.45, 7) is 22.6. The van der Waals surface area contributed by atoms with Crippen LogP contribution in [0.4, 0.5) is 4.79 Å². The summed E-state index contributed by atoms with van der Waals surface area (Å²) in [4.78, 5) is 55.0. The van der Waals surface area contributed by atoms with Crippen LogP contribution in [-0.4, -0.2) is 86.0 Å². The lowest BCUT2D eigenvalue weighted by Crippen LogP contribution is -2.65. The molecule has 11 heteroatoms. The highest BCUT2D eigenvalue weighted by Gasteiger charge is 2.62. The predicted octanol–water partition coefficient (Wildman–Crippen LogP) is 3.98. The quantitative estimate of drug-likeness (QED) is 0.191. The van der Waals surface area contributed by atoms with Gasteiger partial charge in [-0.25, -0.2) is 9.59 Å². The highest BCUT2D eigenvalue weighted by Crippen LogP contribution is 2.51. The maximum atomic E-state index is 13.5. The molecule has 0 bridgehead atoms. The lowest BCUT2D eigenvalue weighted by Gasteiger charge is -2.51. The van der Waals surface area contributed by atoms with Gasteiger partial charge in [0.1, 0.15) is 17.9 Å². The monoisotopic (exact) mass is 577 g/mol. The van der Waals surface area contributed by atoms with Crippen LogP contribution in [0.3, 0.4) is 0 Å². The summed E-state index contributed by atoms with van der Waals surface area (Å²) >= 11 is 0. The number of fused-ring (bicyclic) bond motifs is 3. The zero-order chi connectivity index (χ0) is 30.2. The van der Waals surface area contributed by atoms with E-state index in [4.69, 9.17) is 13.9 Å². The molecule has 3 aliphatic rings. The number of hydrogen-bond acceptors (Lipinski definition) is 7. The van der Waals surface area contributed by atoms with Crippen LogP contribution >= 0.6 is 0 Å². The molecule has 2 fully saturated rings. The van der Waals surface area contributed by atoms with Gasteiger partial charge >= 0.3 is 12.1 Å². The smallest absolute Gasteiger partial charge is 0.407 e. The Labute approximate surface area is 239 Å². The third-order valence-electron chi connectivity index (χ3n) is 8.34. The summed E-state index contributed by atoms with van der Waals surface area (Å²) in [6.07, 6.45) is 1.33. The Bertz CT molecular complexity index is 1070. The molecule has 10 nitrogen and oxygen atoms in total. The molecule has 0 saturated carbocycles. The number of likely N-dealkylation sites (tertiary alicyclic amines) is 1. The Morgan fingerprint density at radius 3 is 2.40 bits per heavy atom. The van der Waals surface area contributed by atoms with Gasteiger partial charge < -0.3 is 29.0 Å². The second-order valence-corrected chi connectivity index (χ2v) is 18.2. The minimum Gasteiger partial charge on any atom is -0.457 e. The first-order valence-corrected chi connectivity index (χ1v) is 17.1. The molecule has 4 atom stereocenters. The van der Waals surface area contributed by atoms with E-state index in [0.29, 0.717) is 13.0 Å². The van der Waals surface area contributed by atoms with Gasteiger partial charge in [-0.05, 0) is 57.8 Å². The number of β-lactam (4-membered cyclic amide) rings is 1. The lowest BCUT2D eigenvalue weighted by molar-refractivity contribution is -0.164. The zero-order valence-corrected chi connectivity index (χ0v) is 26.6. The van der Waals surface area contributed by atoms with Crippen molar-refractivity contribution in [3.05, 3.63) is 23.9 Å². The molecule has 0 aromatic heterocycles. The third-order valence-corrected chi connectivity index (χ3v) is 12.9. The van der Waals surface area contributed by atoms with E-state index in [1.807, 2.05) is 6.92 Å². The van der Waals surface area contributed by atoms with Crippen LogP contribution in [-0.2, 0) is 28.3 Å². The second-order valence-electron chi connectivity index (χ2n) is 13.5. The van der Waals surface area contributed by atoms with Crippen molar-refractivity contribution < 1.29 is 33.1 Å². The molecule has 224 valence electrons. The molecule has 0 aliphatic carbocycles. The van der Waals surface area contributed by atoms with E-state index in [2.05, 4.69) is 45.8 Å². The van der Waals surface area contributed by atoms with Crippen molar-refractivity contribution in [1.29, 1.82) is 0 Å². The Hall–Kier alpha value is -2.66. The van der Waals surface area contributed by atoms with Crippen LogP contribution in [0, 0.1) is 11.8 Å².